The minimum absolute atomic E-state index is 0.320. The minimum atomic E-state index is 0.320. The van der Waals surface area contributed by atoms with Crippen molar-refractivity contribution in [1.29, 1.82) is 0 Å². The van der Waals surface area contributed by atoms with Gasteiger partial charge in [-0.3, -0.25) is 0 Å². The third kappa shape index (κ3) is 2.98. The van der Waals surface area contributed by atoms with Crippen molar-refractivity contribution in [2.45, 2.75) is 32.2 Å². The number of hydrogen-bond donors (Lipinski definition) is 1. The molecular formula is C15H20ClNO2. The van der Waals surface area contributed by atoms with Gasteiger partial charge in [0.1, 0.15) is 13.2 Å². The van der Waals surface area contributed by atoms with Crippen LogP contribution in [0.2, 0.25) is 5.02 Å². The molecule has 1 atom stereocenters. The summed E-state index contributed by atoms with van der Waals surface area (Å²) in [5.74, 6) is 2.44. The van der Waals surface area contributed by atoms with E-state index in [0.29, 0.717) is 19.3 Å². The zero-order chi connectivity index (χ0) is 13.2. The van der Waals surface area contributed by atoms with Crippen LogP contribution in [0.1, 0.15) is 37.8 Å². The van der Waals surface area contributed by atoms with Crippen molar-refractivity contribution in [2.24, 2.45) is 5.92 Å². The number of benzene rings is 1. The molecule has 1 fully saturated rings. The van der Waals surface area contributed by atoms with E-state index >= 15 is 0 Å². The van der Waals surface area contributed by atoms with E-state index < -0.39 is 0 Å². The summed E-state index contributed by atoms with van der Waals surface area (Å²) < 4.78 is 11.2. The second kappa shape index (κ2) is 5.59. The zero-order valence-corrected chi connectivity index (χ0v) is 12.0. The van der Waals surface area contributed by atoms with Crippen molar-refractivity contribution in [2.75, 3.05) is 19.8 Å². The zero-order valence-electron chi connectivity index (χ0n) is 11.2. The Morgan fingerprint density at radius 2 is 1.95 bits per heavy atom. The molecule has 3 nitrogen and oxygen atoms in total. The van der Waals surface area contributed by atoms with Crippen LogP contribution in [-0.4, -0.2) is 19.8 Å². The molecule has 0 spiro atoms. The number of fused-ring (bicyclic) bond motifs is 1. The largest absolute Gasteiger partial charge is 0.486 e. The summed E-state index contributed by atoms with van der Waals surface area (Å²) in [7, 11) is 0. The Kier molecular flexibility index (Phi) is 3.85. The third-order valence-electron chi connectivity index (χ3n) is 3.75. The van der Waals surface area contributed by atoms with Crippen molar-refractivity contribution in [3.63, 3.8) is 0 Å². The number of nitrogens with one attached hydrogen (secondary N) is 1. The first-order valence-electron chi connectivity index (χ1n) is 7.10. The molecule has 1 heterocycles. The van der Waals surface area contributed by atoms with Crippen molar-refractivity contribution >= 4 is 11.6 Å². The summed E-state index contributed by atoms with van der Waals surface area (Å²) in [4.78, 5) is 0. The molecule has 19 heavy (non-hydrogen) atoms. The Bertz CT molecular complexity index is 460. The molecule has 3 rings (SSSR count). The molecule has 0 radical (unpaired) electrons. The summed E-state index contributed by atoms with van der Waals surface area (Å²) in [5.41, 5.74) is 1.14. The molecule has 1 N–H and O–H groups in total. The molecule has 104 valence electrons. The lowest BCUT2D eigenvalue weighted by molar-refractivity contribution is 0.171. The molecule has 0 aromatic heterocycles. The highest BCUT2D eigenvalue weighted by Crippen LogP contribution is 2.42. The van der Waals surface area contributed by atoms with E-state index in [9.17, 15) is 0 Å². The van der Waals surface area contributed by atoms with Crippen LogP contribution >= 0.6 is 11.6 Å². The van der Waals surface area contributed by atoms with Gasteiger partial charge in [-0.25, -0.2) is 0 Å². The first-order chi connectivity index (χ1) is 9.28. The monoisotopic (exact) mass is 281 g/mol. The fourth-order valence-electron chi connectivity index (χ4n) is 2.60. The van der Waals surface area contributed by atoms with Gasteiger partial charge in [0.25, 0.3) is 0 Å². The summed E-state index contributed by atoms with van der Waals surface area (Å²) >= 11 is 6.42. The van der Waals surface area contributed by atoms with E-state index in [-0.39, 0.29) is 0 Å². The Labute approximate surface area is 119 Å². The van der Waals surface area contributed by atoms with Gasteiger partial charge in [0.05, 0.1) is 0 Å². The van der Waals surface area contributed by atoms with E-state index in [1.807, 2.05) is 12.1 Å². The van der Waals surface area contributed by atoms with E-state index in [2.05, 4.69) is 12.2 Å². The fraction of sp³-hybridized carbons (Fsp3) is 0.600. The molecule has 0 bridgehead atoms. The standard InChI is InChI=1S/C15H20ClNO2/c1-2-17-13(7-10-3-4-10)11-8-14-15(9-12(11)16)19-6-5-18-14/h8-10,13,17H,2-7H2,1H3. The highest BCUT2D eigenvalue weighted by molar-refractivity contribution is 6.31. The molecule has 0 amide bonds. The van der Waals surface area contributed by atoms with Crippen LogP contribution in [0.4, 0.5) is 0 Å². The van der Waals surface area contributed by atoms with E-state index in [4.69, 9.17) is 21.1 Å². The maximum atomic E-state index is 6.42. The number of rotatable bonds is 5. The lowest BCUT2D eigenvalue weighted by Crippen LogP contribution is -2.22. The summed E-state index contributed by atoms with van der Waals surface area (Å²) in [6.07, 6.45) is 3.86. The molecule has 1 aromatic rings. The highest BCUT2D eigenvalue weighted by Gasteiger charge is 2.28. The Balaban J connectivity index is 1.87. The van der Waals surface area contributed by atoms with Gasteiger partial charge in [0, 0.05) is 17.1 Å². The van der Waals surface area contributed by atoms with E-state index in [1.54, 1.807) is 0 Å². The van der Waals surface area contributed by atoms with Gasteiger partial charge >= 0.3 is 0 Å². The molecule has 1 saturated carbocycles. The first-order valence-corrected chi connectivity index (χ1v) is 7.48. The van der Waals surface area contributed by atoms with Gasteiger partial charge in [-0.05, 0) is 30.5 Å². The van der Waals surface area contributed by atoms with Crippen molar-refractivity contribution in [3.05, 3.63) is 22.7 Å². The van der Waals surface area contributed by atoms with Gasteiger partial charge in [0.2, 0.25) is 0 Å². The minimum Gasteiger partial charge on any atom is -0.486 e. The summed E-state index contributed by atoms with van der Waals surface area (Å²) in [6, 6.07) is 4.26. The Morgan fingerprint density at radius 3 is 2.58 bits per heavy atom. The van der Waals surface area contributed by atoms with Gasteiger partial charge in [-0.1, -0.05) is 31.4 Å². The van der Waals surface area contributed by atoms with Gasteiger partial charge < -0.3 is 14.8 Å². The van der Waals surface area contributed by atoms with Crippen molar-refractivity contribution in [3.8, 4) is 11.5 Å². The second-order valence-electron chi connectivity index (χ2n) is 5.31. The van der Waals surface area contributed by atoms with E-state index in [1.165, 1.54) is 12.8 Å². The van der Waals surface area contributed by atoms with Gasteiger partial charge in [-0.15, -0.1) is 0 Å². The van der Waals surface area contributed by atoms with Gasteiger partial charge in [0.15, 0.2) is 11.5 Å². The summed E-state index contributed by atoms with van der Waals surface area (Å²) in [5, 5.41) is 4.31. The molecule has 1 unspecified atom stereocenters. The summed E-state index contributed by atoms with van der Waals surface area (Å²) in [6.45, 7) is 4.29. The molecule has 1 aliphatic carbocycles. The van der Waals surface area contributed by atoms with Gasteiger partial charge in [-0.2, -0.15) is 0 Å². The number of ether oxygens (including phenoxy) is 2. The Hall–Kier alpha value is -0.930. The average molecular weight is 282 g/mol. The van der Waals surface area contributed by atoms with E-state index in [0.717, 1.165) is 41.0 Å². The van der Waals surface area contributed by atoms with Crippen LogP contribution in [0, 0.1) is 5.92 Å². The van der Waals surface area contributed by atoms with Crippen LogP contribution in [0.25, 0.3) is 0 Å². The quantitative estimate of drug-likeness (QED) is 0.895. The van der Waals surface area contributed by atoms with Crippen LogP contribution in [-0.2, 0) is 0 Å². The normalized spacial score (nSPS) is 19.3. The third-order valence-corrected chi connectivity index (χ3v) is 4.08. The average Bonchev–Trinajstić information content (AvgIpc) is 3.21. The fourth-order valence-corrected chi connectivity index (χ4v) is 2.89. The topological polar surface area (TPSA) is 30.5 Å². The second-order valence-corrected chi connectivity index (χ2v) is 5.71. The molecule has 4 heteroatoms. The SMILES string of the molecule is CCNC(CC1CC1)c1cc2c(cc1Cl)OCCO2. The molecule has 1 aromatic carbocycles. The first kappa shape index (κ1) is 13.1. The predicted octanol–water partition coefficient (Wildman–Crippen LogP) is 3.56. The maximum absolute atomic E-state index is 6.42. The Morgan fingerprint density at radius 1 is 1.26 bits per heavy atom. The highest BCUT2D eigenvalue weighted by atomic mass is 35.5. The molecular weight excluding hydrogens is 262 g/mol. The smallest absolute Gasteiger partial charge is 0.162 e. The molecule has 1 aliphatic heterocycles. The maximum Gasteiger partial charge on any atom is 0.162 e. The number of hydrogen-bond acceptors (Lipinski definition) is 3. The molecule has 0 saturated heterocycles. The van der Waals surface area contributed by atoms with Crippen LogP contribution in [0.15, 0.2) is 12.1 Å². The predicted molar refractivity (Wildman–Crippen MR) is 76.2 cm³/mol. The van der Waals surface area contributed by atoms with Crippen molar-refractivity contribution < 1.29 is 9.47 Å². The lowest BCUT2D eigenvalue weighted by Gasteiger charge is -2.24. The van der Waals surface area contributed by atoms with Crippen LogP contribution in [0.5, 0.6) is 11.5 Å². The molecule has 2 aliphatic rings. The number of halogens is 1. The van der Waals surface area contributed by atoms with Crippen LogP contribution < -0.4 is 14.8 Å². The lowest BCUT2D eigenvalue weighted by atomic mass is 10.00. The van der Waals surface area contributed by atoms with Crippen LogP contribution in [0.3, 0.4) is 0 Å². The van der Waals surface area contributed by atoms with Crippen molar-refractivity contribution in [1.82, 2.24) is 5.32 Å².